The van der Waals surface area contributed by atoms with Gasteiger partial charge in [-0.15, -0.1) is 0 Å². The van der Waals surface area contributed by atoms with Crippen LogP contribution in [0.2, 0.25) is 0 Å². The average Bonchev–Trinajstić information content (AvgIpc) is 2.83. The Morgan fingerprint density at radius 2 is 1.90 bits per heavy atom. The number of aliphatic hydroxyl groups is 4. The molecule has 0 spiro atoms. The number of hydrogen-bond donors (Lipinski definition) is 0. The molecule has 1 saturated carbocycles. The quantitative estimate of drug-likeness (QED) is 0.363. The molecule has 56 valence electrons. The summed E-state index contributed by atoms with van der Waals surface area (Å²) in [6, 6.07) is 0. The Labute approximate surface area is 60.5 Å². The van der Waals surface area contributed by atoms with E-state index in [4.69, 9.17) is 0 Å². The lowest BCUT2D eigenvalue weighted by atomic mass is 9.87. The maximum absolute atomic E-state index is 4.47. The Hall–Kier alpha value is -0.0800. The summed E-state index contributed by atoms with van der Waals surface area (Å²) in [5.74, 6) is 0.924. The normalized spacial score (nSPS) is 57.6. The molecule has 0 bridgehead atoms. The molecule has 10 heavy (non-hydrogen) atoms. The summed E-state index contributed by atoms with van der Waals surface area (Å²) in [4.78, 5) is 0. The van der Waals surface area contributed by atoms with Crippen molar-refractivity contribution in [3.8, 4) is 0 Å². The van der Waals surface area contributed by atoms with Crippen molar-refractivity contribution in [2.75, 3.05) is 6.61 Å². The zero-order chi connectivity index (χ0) is 6.55. The minimum absolute atomic E-state index is 0.761. The summed E-state index contributed by atoms with van der Waals surface area (Å²) >= 11 is 0. The second-order valence-corrected chi connectivity index (χ2v) is 3.79. The van der Waals surface area contributed by atoms with Crippen LogP contribution in [0, 0.1) is 5.92 Å². The van der Waals surface area contributed by atoms with Crippen LogP contribution in [-0.2, 0) is 0 Å². The maximum atomic E-state index is 4.47. The van der Waals surface area contributed by atoms with Crippen LogP contribution >= 0.6 is 0 Å². The summed E-state index contributed by atoms with van der Waals surface area (Å²) in [5.41, 5.74) is 0. The van der Waals surface area contributed by atoms with E-state index in [0.29, 0.717) is 0 Å². The first-order valence-electron chi connectivity index (χ1n) is 4.30. The van der Waals surface area contributed by atoms with E-state index in [1.807, 2.05) is 0 Å². The minimum atomic E-state index is 0.761. The molecule has 3 rings (SSSR count). The molecule has 1 aliphatic carbocycles. The third-order valence-corrected chi connectivity index (χ3v) is 3.05. The first-order chi connectivity index (χ1) is 4.93. The molecule has 0 aromatic heterocycles. The lowest BCUT2D eigenvalue weighted by Crippen LogP contribution is -2.18. The highest BCUT2D eigenvalue weighted by molar-refractivity contribution is 4.94. The third-order valence-electron chi connectivity index (χ3n) is 3.05. The Morgan fingerprint density at radius 1 is 1.00 bits per heavy atom. The minimum Gasteiger partial charge on any atom is -0.420 e. The molecule has 2 nitrogen and oxygen atoms in total. The van der Waals surface area contributed by atoms with E-state index < -0.39 is 0 Å². The predicted molar refractivity (Wildman–Crippen MR) is 38.0 cm³/mol. The van der Waals surface area contributed by atoms with Crippen LogP contribution < -0.4 is 0 Å². The van der Waals surface area contributed by atoms with Gasteiger partial charge in [0.15, 0.2) is 0 Å². The highest BCUT2D eigenvalue weighted by atomic mass is 16.6. The first-order valence-corrected chi connectivity index (χ1v) is 4.30. The molecule has 2 saturated heterocycles. The first kappa shape index (κ1) is 5.56. The zero-order valence-electron chi connectivity index (χ0n) is 6.03. The van der Waals surface area contributed by atoms with Crippen molar-refractivity contribution in [2.45, 2.75) is 37.6 Å². The summed E-state index contributed by atoms with van der Waals surface area (Å²) in [6.45, 7) is 1.15. The van der Waals surface area contributed by atoms with Crippen LogP contribution in [0.5, 0.6) is 0 Å². The Morgan fingerprint density at radius 3 is 2.60 bits per heavy atom. The van der Waals surface area contributed by atoms with Crippen molar-refractivity contribution < 1.29 is 9.47 Å². The maximum Gasteiger partial charge on any atom is 0.228 e. The predicted octanol–water partition coefficient (Wildman–Crippen LogP) is -0.0245. The second-order valence-electron chi connectivity index (χ2n) is 3.79. The molecule has 4 atom stereocenters. The van der Waals surface area contributed by atoms with Gasteiger partial charge in [0.05, 0.1) is 0 Å². The van der Waals surface area contributed by atoms with Crippen LogP contribution in [-0.4, -0.2) is 34.4 Å². The molecule has 3 fully saturated rings. The molecule has 0 aromatic rings. The summed E-state index contributed by atoms with van der Waals surface area (Å²) in [5, 5.41) is 0. The van der Waals surface area contributed by atoms with Gasteiger partial charge in [-0.05, 0) is 6.42 Å². The van der Waals surface area contributed by atoms with Gasteiger partial charge in [-0.1, -0.05) is 0 Å². The zero-order valence-corrected chi connectivity index (χ0v) is 6.03. The molecule has 0 amide bonds. The van der Waals surface area contributed by atoms with E-state index in [9.17, 15) is 0 Å². The van der Waals surface area contributed by atoms with Crippen LogP contribution in [0.25, 0.3) is 0 Å². The largest absolute Gasteiger partial charge is 0.420 e. The van der Waals surface area contributed by atoms with Gasteiger partial charge in [0.1, 0.15) is 0 Å². The molecule has 2 heteroatoms. The van der Waals surface area contributed by atoms with E-state index in [2.05, 4.69) is 9.47 Å². The average molecular weight is 142 g/mol. The fourth-order valence-electron chi connectivity index (χ4n) is 2.20. The molecule has 0 radical (unpaired) electrons. The highest BCUT2D eigenvalue weighted by Gasteiger charge is 2.56. The number of rotatable bonds is 1. The van der Waals surface area contributed by atoms with E-state index in [-0.39, 0.29) is 0 Å². The van der Waals surface area contributed by atoms with Gasteiger partial charge < -0.3 is 9.47 Å². The van der Waals surface area contributed by atoms with Crippen LogP contribution in [0.15, 0.2) is 0 Å². The topological polar surface area (TPSA) is 25.6 Å². The lowest BCUT2D eigenvalue weighted by molar-refractivity contribution is 0.143. The molecule has 0 aromatic carbocycles. The SMILES string of the molecule is C1CC2[OH+]C2CC1C1C[OH+]1. The standard InChI is InChI=1S/C8H12O2/c1-2-6-7(10-6)3-5(1)8-4-9-8/h5-8H,1-4H2/p+2. The van der Waals surface area contributed by atoms with Crippen molar-refractivity contribution in [2.24, 2.45) is 5.92 Å². The molecule has 3 aliphatic rings. The summed E-state index contributed by atoms with van der Waals surface area (Å²) in [6.07, 6.45) is 6.44. The monoisotopic (exact) mass is 142 g/mol. The van der Waals surface area contributed by atoms with E-state index in [1.165, 1.54) is 19.3 Å². The second kappa shape index (κ2) is 1.74. The van der Waals surface area contributed by atoms with E-state index >= 15 is 0 Å². The van der Waals surface area contributed by atoms with E-state index in [0.717, 1.165) is 30.8 Å². The molecule has 4 unspecified atom stereocenters. The molecule has 2 aliphatic heterocycles. The molecule has 2 N–H and O–H groups in total. The molecular formula is C8H14O2+2. The van der Waals surface area contributed by atoms with E-state index in [1.54, 1.807) is 0 Å². The van der Waals surface area contributed by atoms with Crippen LogP contribution in [0.4, 0.5) is 0 Å². The summed E-state index contributed by atoms with van der Waals surface area (Å²) < 4.78 is 8.81. The lowest BCUT2D eigenvalue weighted by Gasteiger charge is -2.08. The van der Waals surface area contributed by atoms with Gasteiger partial charge in [-0.2, -0.15) is 0 Å². The van der Waals surface area contributed by atoms with Crippen molar-refractivity contribution >= 4 is 0 Å². The van der Waals surface area contributed by atoms with Crippen molar-refractivity contribution in [3.05, 3.63) is 0 Å². The number of hydrogen-bond acceptors (Lipinski definition) is 0. The Kier molecular flexibility index (Phi) is 0.968. The Bertz CT molecular complexity index is 153. The number of epoxide rings is 2. The van der Waals surface area contributed by atoms with Gasteiger partial charge in [0, 0.05) is 18.8 Å². The smallest absolute Gasteiger partial charge is 0.228 e. The fourth-order valence-corrected chi connectivity index (χ4v) is 2.20. The van der Waals surface area contributed by atoms with Gasteiger partial charge in [-0.3, -0.25) is 0 Å². The van der Waals surface area contributed by atoms with Crippen molar-refractivity contribution in [1.82, 2.24) is 0 Å². The number of ether oxygens (including phenoxy) is 2. The number of fused-ring (bicyclic) bond motifs is 1. The van der Waals surface area contributed by atoms with Crippen molar-refractivity contribution in [3.63, 3.8) is 0 Å². The van der Waals surface area contributed by atoms with Crippen LogP contribution in [0.1, 0.15) is 19.3 Å². The Balaban J connectivity index is 1.65. The van der Waals surface area contributed by atoms with Crippen molar-refractivity contribution in [1.29, 1.82) is 0 Å². The fraction of sp³-hybridized carbons (Fsp3) is 1.00. The van der Waals surface area contributed by atoms with Gasteiger partial charge in [0.2, 0.25) is 24.9 Å². The third kappa shape index (κ3) is 0.789. The van der Waals surface area contributed by atoms with Gasteiger partial charge in [0.25, 0.3) is 0 Å². The van der Waals surface area contributed by atoms with Crippen LogP contribution in [0.3, 0.4) is 0 Å². The summed E-state index contributed by atoms with van der Waals surface area (Å²) in [7, 11) is 0. The van der Waals surface area contributed by atoms with Gasteiger partial charge in [-0.25, -0.2) is 0 Å². The molecular weight excluding hydrogens is 128 g/mol. The highest BCUT2D eigenvalue weighted by Crippen LogP contribution is 2.40. The molecule has 2 heterocycles. The van der Waals surface area contributed by atoms with Gasteiger partial charge >= 0.3 is 0 Å².